The van der Waals surface area contributed by atoms with Gasteiger partial charge in [-0.15, -0.1) is 0 Å². The van der Waals surface area contributed by atoms with Crippen molar-refractivity contribution in [1.82, 2.24) is 5.32 Å². The van der Waals surface area contributed by atoms with Crippen LogP contribution in [0.1, 0.15) is 12.8 Å². The number of amides is 1. The molecule has 10 heteroatoms. The summed E-state index contributed by atoms with van der Waals surface area (Å²) < 4.78 is 47.6. The molecule has 1 aliphatic rings. The molecule has 0 unspecified atom stereocenters. The largest absolute Gasteiger partial charge is 0.497 e. The van der Waals surface area contributed by atoms with E-state index in [9.17, 15) is 13.2 Å². The molecular weight excluding hydrogens is 436 g/mol. The van der Waals surface area contributed by atoms with E-state index in [1.165, 1.54) is 4.31 Å². The van der Waals surface area contributed by atoms with Crippen molar-refractivity contribution in [2.45, 2.75) is 12.8 Å². The van der Waals surface area contributed by atoms with Gasteiger partial charge in [-0.2, -0.15) is 0 Å². The van der Waals surface area contributed by atoms with E-state index in [-0.39, 0.29) is 18.9 Å². The molecule has 1 amide bonds. The highest BCUT2D eigenvalue weighted by molar-refractivity contribution is 7.92. The number of hydrogen-bond acceptors (Lipinski definition) is 7. The van der Waals surface area contributed by atoms with Gasteiger partial charge in [0.15, 0.2) is 11.5 Å². The lowest BCUT2D eigenvalue weighted by molar-refractivity contribution is -0.121. The summed E-state index contributed by atoms with van der Waals surface area (Å²) in [6, 6.07) is 12.2. The van der Waals surface area contributed by atoms with E-state index >= 15 is 0 Å². The van der Waals surface area contributed by atoms with Gasteiger partial charge in [-0.25, -0.2) is 8.42 Å². The lowest BCUT2D eigenvalue weighted by Crippen LogP contribution is -2.33. The summed E-state index contributed by atoms with van der Waals surface area (Å²) in [5.74, 6) is 2.27. The van der Waals surface area contributed by atoms with Gasteiger partial charge < -0.3 is 24.3 Å². The number of sulfonamides is 1. The Morgan fingerprint density at radius 1 is 1.09 bits per heavy atom. The van der Waals surface area contributed by atoms with E-state index in [1.54, 1.807) is 31.4 Å². The minimum Gasteiger partial charge on any atom is -0.497 e. The van der Waals surface area contributed by atoms with E-state index in [0.29, 0.717) is 61.5 Å². The van der Waals surface area contributed by atoms with Crippen molar-refractivity contribution < 1.29 is 32.2 Å². The second-order valence-electron chi connectivity index (χ2n) is 7.14. The first kappa shape index (κ1) is 23.5. The maximum atomic E-state index is 12.3. The fraction of sp³-hybridized carbons (Fsp3) is 0.409. The van der Waals surface area contributed by atoms with Gasteiger partial charge in [0.05, 0.1) is 25.6 Å². The van der Waals surface area contributed by atoms with E-state index in [0.717, 1.165) is 6.26 Å². The molecule has 0 aromatic heterocycles. The van der Waals surface area contributed by atoms with Crippen molar-refractivity contribution in [1.29, 1.82) is 0 Å². The summed E-state index contributed by atoms with van der Waals surface area (Å²) in [6.45, 7) is 1.70. The Labute approximate surface area is 188 Å². The molecule has 0 bridgehead atoms. The lowest BCUT2D eigenvalue weighted by atomic mass is 10.2. The summed E-state index contributed by atoms with van der Waals surface area (Å²) in [5.41, 5.74) is 0.476. The van der Waals surface area contributed by atoms with Crippen molar-refractivity contribution in [2.75, 3.05) is 50.6 Å². The topological polar surface area (TPSA) is 103 Å². The minimum absolute atomic E-state index is 0.171. The van der Waals surface area contributed by atoms with E-state index in [2.05, 4.69) is 5.32 Å². The fourth-order valence-corrected chi connectivity index (χ4v) is 4.15. The summed E-state index contributed by atoms with van der Waals surface area (Å²) in [7, 11) is -1.94. The van der Waals surface area contributed by atoms with Crippen molar-refractivity contribution in [3.8, 4) is 23.0 Å². The van der Waals surface area contributed by atoms with E-state index in [4.69, 9.17) is 18.9 Å². The fourth-order valence-electron chi connectivity index (χ4n) is 3.20. The van der Waals surface area contributed by atoms with Crippen LogP contribution in [0.3, 0.4) is 0 Å². The van der Waals surface area contributed by atoms with Crippen LogP contribution in [0.4, 0.5) is 5.69 Å². The molecule has 0 spiro atoms. The second-order valence-corrected chi connectivity index (χ2v) is 9.05. The number of hydrogen-bond donors (Lipinski definition) is 1. The first-order valence-corrected chi connectivity index (χ1v) is 12.1. The second kappa shape index (κ2) is 10.9. The van der Waals surface area contributed by atoms with Gasteiger partial charge in [-0.1, -0.05) is 6.07 Å². The van der Waals surface area contributed by atoms with Crippen LogP contribution >= 0.6 is 0 Å². The van der Waals surface area contributed by atoms with Crippen LogP contribution in [0.2, 0.25) is 0 Å². The Hall–Kier alpha value is -3.14. The molecule has 32 heavy (non-hydrogen) atoms. The number of carbonyl (C=O) groups is 1. The molecule has 1 aliphatic heterocycles. The van der Waals surface area contributed by atoms with Crippen molar-refractivity contribution in [3.63, 3.8) is 0 Å². The highest BCUT2D eigenvalue weighted by atomic mass is 32.2. The summed E-state index contributed by atoms with van der Waals surface area (Å²) >= 11 is 0. The van der Waals surface area contributed by atoms with E-state index in [1.807, 2.05) is 18.2 Å². The van der Waals surface area contributed by atoms with Crippen LogP contribution in [0.5, 0.6) is 23.0 Å². The summed E-state index contributed by atoms with van der Waals surface area (Å²) in [6.07, 6.45) is 1.69. The van der Waals surface area contributed by atoms with Gasteiger partial charge in [-0.3, -0.25) is 9.10 Å². The third-order valence-electron chi connectivity index (χ3n) is 4.71. The normalized spacial score (nSPS) is 12.7. The van der Waals surface area contributed by atoms with Crippen molar-refractivity contribution in [3.05, 3.63) is 42.5 Å². The zero-order valence-electron chi connectivity index (χ0n) is 18.2. The lowest BCUT2D eigenvalue weighted by Gasteiger charge is -2.25. The summed E-state index contributed by atoms with van der Waals surface area (Å²) in [5, 5.41) is 2.77. The minimum atomic E-state index is -3.52. The molecule has 9 nitrogen and oxygen atoms in total. The number of anilines is 1. The number of fused-ring (bicyclic) bond motifs is 1. The number of ether oxygens (including phenoxy) is 4. The zero-order chi connectivity index (χ0) is 23.0. The number of nitrogens with zero attached hydrogens (tertiary/aromatic N) is 1. The molecule has 0 aliphatic carbocycles. The molecule has 1 N–H and O–H groups in total. The van der Waals surface area contributed by atoms with Crippen LogP contribution in [-0.2, 0) is 14.8 Å². The average Bonchev–Trinajstić information content (AvgIpc) is 2.78. The first-order chi connectivity index (χ1) is 15.4. The Morgan fingerprint density at radius 2 is 1.84 bits per heavy atom. The van der Waals surface area contributed by atoms with Gasteiger partial charge in [0.25, 0.3) is 0 Å². The molecule has 3 rings (SSSR count). The smallest absolute Gasteiger partial charge is 0.232 e. The first-order valence-electron chi connectivity index (χ1n) is 10.3. The van der Waals surface area contributed by atoms with Crippen LogP contribution < -0.4 is 28.6 Å². The maximum Gasteiger partial charge on any atom is 0.232 e. The Morgan fingerprint density at radius 3 is 2.59 bits per heavy atom. The van der Waals surface area contributed by atoms with Gasteiger partial charge in [0.1, 0.15) is 31.3 Å². The predicted molar refractivity (Wildman–Crippen MR) is 120 cm³/mol. The monoisotopic (exact) mass is 464 g/mol. The molecule has 2 aromatic carbocycles. The molecule has 0 saturated heterocycles. The van der Waals surface area contributed by atoms with Crippen molar-refractivity contribution in [2.24, 2.45) is 0 Å². The van der Waals surface area contributed by atoms with Gasteiger partial charge in [0, 0.05) is 25.1 Å². The third kappa shape index (κ3) is 6.68. The number of benzene rings is 2. The number of methoxy groups -OCH3 is 1. The standard InChI is InChI=1S/C22H28N2O7S/c1-28-18-5-3-6-19(16-18)29-12-10-23-22(25)7-4-11-24(32(2,26)27)17-8-9-20-21(15-17)31-14-13-30-20/h3,5-6,8-9,15-16H,4,7,10-14H2,1-2H3,(H,23,25). The van der Waals surface area contributed by atoms with Gasteiger partial charge >= 0.3 is 0 Å². The molecule has 0 atom stereocenters. The quantitative estimate of drug-likeness (QED) is 0.509. The third-order valence-corrected chi connectivity index (χ3v) is 5.91. The molecule has 0 saturated carbocycles. The van der Waals surface area contributed by atoms with Crippen LogP contribution in [0.15, 0.2) is 42.5 Å². The zero-order valence-corrected chi connectivity index (χ0v) is 19.0. The Balaban J connectivity index is 1.45. The number of nitrogens with one attached hydrogen (secondary N) is 1. The molecule has 0 fully saturated rings. The molecule has 174 valence electrons. The SMILES string of the molecule is COc1cccc(OCCNC(=O)CCCN(c2ccc3c(c2)OCCO3)S(C)(=O)=O)c1. The number of rotatable bonds is 11. The van der Waals surface area contributed by atoms with Crippen LogP contribution in [-0.4, -0.2) is 60.6 Å². The molecular formula is C22H28N2O7S. The highest BCUT2D eigenvalue weighted by Crippen LogP contribution is 2.34. The highest BCUT2D eigenvalue weighted by Gasteiger charge is 2.21. The van der Waals surface area contributed by atoms with Gasteiger partial charge in [-0.05, 0) is 30.7 Å². The molecule has 0 radical (unpaired) electrons. The van der Waals surface area contributed by atoms with E-state index < -0.39 is 10.0 Å². The summed E-state index contributed by atoms with van der Waals surface area (Å²) in [4.78, 5) is 12.1. The Kier molecular flexibility index (Phi) is 8.04. The predicted octanol–water partition coefficient (Wildman–Crippen LogP) is 2.21. The van der Waals surface area contributed by atoms with Crippen LogP contribution in [0, 0.1) is 0 Å². The number of carbonyl (C=O) groups excluding carboxylic acids is 1. The average molecular weight is 465 g/mol. The van der Waals surface area contributed by atoms with Gasteiger partial charge in [0.2, 0.25) is 15.9 Å². The van der Waals surface area contributed by atoms with Crippen molar-refractivity contribution >= 4 is 21.6 Å². The Bertz CT molecular complexity index is 1030. The molecule has 2 aromatic rings. The molecule has 1 heterocycles. The van der Waals surface area contributed by atoms with Crippen LogP contribution in [0.25, 0.3) is 0 Å². The maximum absolute atomic E-state index is 12.3.